The summed E-state index contributed by atoms with van der Waals surface area (Å²) in [5, 5.41) is 0.521. The molecule has 0 atom stereocenters. The van der Waals surface area contributed by atoms with Crippen molar-refractivity contribution in [1.29, 1.82) is 0 Å². The molecule has 2 heterocycles. The molecule has 0 spiro atoms. The van der Waals surface area contributed by atoms with E-state index in [0.717, 1.165) is 28.2 Å². The van der Waals surface area contributed by atoms with E-state index in [9.17, 15) is 4.39 Å². The van der Waals surface area contributed by atoms with Gasteiger partial charge in [0.15, 0.2) is 0 Å². The second kappa shape index (κ2) is 7.46. The average Bonchev–Trinajstić information content (AvgIpc) is 2.97. The molecule has 1 N–H and O–H groups in total. The number of halogens is 2. The summed E-state index contributed by atoms with van der Waals surface area (Å²) in [6.07, 6.45) is 1.63. The van der Waals surface area contributed by atoms with Crippen LogP contribution in [0.15, 0.2) is 30.5 Å². The van der Waals surface area contributed by atoms with Crippen LogP contribution in [0.5, 0.6) is 5.75 Å². The number of nitrogens with zero attached hydrogens (tertiary/aromatic N) is 2. The Morgan fingerprint density at radius 3 is 2.62 bits per heavy atom. The molecule has 0 saturated carbocycles. The Balaban J connectivity index is 1.79. The maximum absolute atomic E-state index is 13.9. The van der Waals surface area contributed by atoms with Crippen LogP contribution in [0.25, 0.3) is 11.3 Å². The monoisotopic (exact) mass is 373 g/mol. The van der Waals surface area contributed by atoms with Crippen LogP contribution in [-0.4, -0.2) is 15.0 Å². The molecule has 136 valence electrons. The van der Waals surface area contributed by atoms with Crippen LogP contribution in [0.4, 0.5) is 4.39 Å². The Bertz CT molecular complexity index is 937. The molecule has 3 rings (SSSR count). The molecule has 0 aliphatic rings. The van der Waals surface area contributed by atoms with E-state index in [0.29, 0.717) is 10.9 Å². The highest BCUT2D eigenvalue weighted by Crippen LogP contribution is 2.31. The quantitative estimate of drug-likeness (QED) is 0.634. The normalized spacial score (nSPS) is 11.2. The molecule has 0 amide bonds. The van der Waals surface area contributed by atoms with E-state index in [4.69, 9.17) is 16.3 Å². The predicted octanol–water partition coefficient (Wildman–Crippen LogP) is 5.58. The highest BCUT2D eigenvalue weighted by Gasteiger charge is 2.14. The number of benzene rings is 1. The van der Waals surface area contributed by atoms with Gasteiger partial charge in [-0.05, 0) is 49.2 Å². The molecule has 3 aromatic rings. The molecule has 0 fully saturated rings. The first-order valence-corrected chi connectivity index (χ1v) is 8.83. The van der Waals surface area contributed by atoms with Crippen molar-refractivity contribution in [3.63, 3.8) is 0 Å². The number of hydrogen-bond donors (Lipinski definition) is 1. The SMILES string of the molecule is Cc1cnc(COc2ccc(-c3nc(C(C)C)[nH]c3Cl)cc2C)c(F)c1. The summed E-state index contributed by atoms with van der Waals surface area (Å²) in [5.41, 5.74) is 3.61. The van der Waals surface area contributed by atoms with Gasteiger partial charge in [0.2, 0.25) is 0 Å². The van der Waals surface area contributed by atoms with E-state index in [-0.39, 0.29) is 24.0 Å². The van der Waals surface area contributed by atoms with Crippen LogP contribution in [0.2, 0.25) is 5.15 Å². The first kappa shape index (κ1) is 18.4. The van der Waals surface area contributed by atoms with Crippen LogP contribution < -0.4 is 4.74 Å². The Morgan fingerprint density at radius 1 is 1.23 bits per heavy atom. The highest BCUT2D eigenvalue weighted by atomic mass is 35.5. The largest absolute Gasteiger partial charge is 0.487 e. The third kappa shape index (κ3) is 3.88. The number of aryl methyl sites for hydroxylation is 2. The van der Waals surface area contributed by atoms with Crippen molar-refractivity contribution < 1.29 is 9.13 Å². The molecule has 4 nitrogen and oxygen atoms in total. The summed E-state index contributed by atoms with van der Waals surface area (Å²) in [7, 11) is 0. The Morgan fingerprint density at radius 2 is 2.00 bits per heavy atom. The van der Waals surface area contributed by atoms with Gasteiger partial charge in [-0.25, -0.2) is 9.37 Å². The molecule has 0 unspecified atom stereocenters. The van der Waals surface area contributed by atoms with Gasteiger partial charge < -0.3 is 9.72 Å². The molecule has 0 saturated heterocycles. The molecular weight excluding hydrogens is 353 g/mol. The second-order valence-electron chi connectivity index (χ2n) is 6.65. The number of H-pyrrole nitrogens is 1. The number of ether oxygens (including phenoxy) is 1. The Labute approximate surface area is 157 Å². The smallest absolute Gasteiger partial charge is 0.148 e. The summed E-state index contributed by atoms with van der Waals surface area (Å²) in [6, 6.07) is 7.15. The molecule has 0 aliphatic carbocycles. The molecule has 2 aromatic heterocycles. The Kier molecular flexibility index (Phi) is 5.28. The van der Waals surface area contributed by atoms with Gasteiger partial charge in [-0.15, -0.1) is 0 Å². The fraction of sp³-hybridized carbons (Fsp3) is 0.300. The molecule has 0 bridgehead atoms. The minimum absolute atomic E-state index is 0.0763. The topological polar surface area (TPSA) is 50.8 Å². The van der Waals surface area contributed by atoms with Gasteiger partial charge in [0.05, 0.1) is 0 Å². The predicted molar refractivity (Wildman–Crippen MR) is 101 cm³/mol. The van der Waals surface area contributed by atoms with E-state index < -0.39 is 0 Å². The molecule has 6 heteroatoms. The lowest BCUT2D eigenvalue weighted by Gasteiger charge is -2.11. The zero-order valence-corrected chi connectivity index (χ0v) is 16.0. The van der Waals surface area contributed by atoms with Crippen molar-refractivity contribution in [2.45, 2.75) is 40.2 Å². The molecule has 0 radical (unpaired) electrons. The van der Waals surface area contributed by atoms with Crippen molar-refractivity contribution in [3.05, 3.63) is 64.1 Å². The first-order chi connectivity index (χ1) is 12.3. The maximum Gasteiger partial charge on any atom is 0.148 e. The minimum Gasteiger partial charge on any atom is -0.487 e. The lowest BCUT2D eigenvalue weighted by atomic mass is 10.1. The molecule has 1 aromatic carbocycles. The van der Waals surface area contributed by atoms with Crippen LogP contribution >= 0.6 is 11.6 Å². The molecular formula is C20H21ClFN3O. The van der Waals surface area contributed by atoms with Crippen molar-refractivity contribution in [2.75, 3.05) is 0 Å². The number of aromatic amines is 1. The number of hydrogen-bond acceptors (Lipinski definition) is 3. The number of rotatable bonds is 5. The van der Waals surface area contributed by atoms with Gasteiger partial charge in [-0.2, -0.15) is 0 Å². The summed E-state index contributed by atoms with van der Waals surface area (Å²) in [6.45, 7) is 7.92. The number of pyridine rings is 1. The van der Waals surface area contributed by atoms with E-state index >= 15 is 0 Å². The minimum atomic E-state index is -0.358. The first-order valence-electron chi connectivity index (χ1n) is 8.45. The average molecular weight is 374 g/mol. The Hall–Kier alpha value is -2.40. The number of imidazole rings is 1. The lowest BCUT2D eigenvalue weighted by molar-refractivity contribution is 0.292. The standard InChI is InChI=1S/C20H21ClFN3O/c1-11(2)20-24-18(19(21)25-20)14-5-6-17(13(4)8-14)26-10-16-15(22)7-12(3)9-23-16/h5-9,11H,10H2,1-4H3,(H,24,25). The zero-order chi connectivity index (χ0) is 18.8. The van der Waals surface area contributed by atoms with Crippen LogP contribution in [0, 0.1) is 19.7 Å². The van der Waals surface area contributed by atoms with Gasteiger partial charge in [0, 0.05) is 17.7 Å². The van der Waals surface area contributed by atoms with Crippen molar-refractivity contribution in [1.82, 2.24) is 15.0 Å². The van der Waals surface area contributed by atoms with E-state index in [1.807, 2.05) is 25.1 Å². The van der Waals surface area contributed by atoms with Gasteiger partial charge in [0.25, 0.3) is 0 Å². The highest BCUT2D eigenvalue weighted by molar-refractivity contribution is 6.31. The van der Waals surface area contributed by atoms with Gasteiger partial charge in [-0.1, -0.05) is 25.4 Å². The third-order valence-electron chi connectivity index (χ3n) is 4.09. The number of aromatic nitrogens is 3. The molecule has 0 aliphatic heterocycles. The van der Waals surface area contributed by atoms with Gasteiger partial charge >= 0.3 is 0 Å². The number of nitrogens with one attached hydrogen (secondary N) is 1. The van der Waals surface area contributed by atoms with Crippen molar-refractivity contribution in [2.24, 2.45) is 0 Å². The summed E-state index contributed by atoms with van der Waals surface area (Å²) in [5.74, 6) is 1.43. The zero-order valence-electron chi connectivity index (χ0n) is 15.2. The summed E-state index contributed by atoms with van der Waals surface area (Å²) < 4.78 is 19.6. The van der Waals surface area contributed by atoms with E-state index in [1.165, 1.54) is 6.07 Å². The van der Waals surface area contributed by atoms with Gasteiger partial charge in [0.1, 0.15) is 40.5 Å². The molecule has 26 heavy (non-hydrogen) atoms. The summed E-state index contributed by atoms with van der Waals surface area (Å²) >= 11 is 6.29. The maximum atomic E-state index is 13.9. The lowest BCUT2D eigenvalue weighted by Crippen LogP contribution is -2.03. The van der Waals surface area contributed by atoms with Crippen LogP contribution in [-0.2, 0) is 6.61 Å². The van der Waals surface area contributed by atoms with Gasteiger partial charge in [-0.3, -0.25) is 4.98 Å². The summed E-state index contributed by atoms with van der Waals surface area (Å²) in [4.78, 5) is 11.8. The van der Waals surface area contributed by atoms with E-state index in [1.54, 1.807) is 13.1 Å². The van der Waals surface area contributed by atoms with E-state index in [2.05, 4.69) is 28.8 Å². The third-order valence-corrected chi connectivity index (χ3v) is 4.37. The van der Waals surface area contributed by atoms with Crippen LogP contribution in [0.3, 0.4) is 0 Å². The van der Waals surface area contributed by atoms with Crippen molar-refractivity contribution in [3.8, 4) is 17.0 Å². The fourth-order valence-corrected chi connectivity index (χ4v) is 2.85. The van der Waals surface area contributed by atoms with Crippen molar-refractivity contribution >= 4 is 11.6 Å². The second-order valence-corrected chi connectivity index (χ2v) is 7.03. The fourth-order valence-electron chi connectivity index (χ4n) is 2.61. The van der Waals surface area contributed by atoms with Crippen LogP contribution in [0.1, 0.15) is 42.4 Å².